The van der Waals surface area contributed by atoms with Crippen molar-refractivity contribution in [2.75, 3.05) is 7.05 Å². The Balaban J connectivity index is 2.11. The van der Waals surface area contributed by atoms with Crippen LogP contribution in [0.2, 0.25) is 0 Å². The van der Waals surface area contributed by atoms with Gasteiger partial charge >= 0.3 is 0 Å². The van der Waals surface area contributed by atoms with Gasteiger partial charge in [-0.05, 0) is 18.6 Å². The van der Waals surface area contributed by atoms with Crippen molar-refractivity contribution in [2.24, 2.45) is 5.73 Å². The zero-order chi connectivity index (χ0) is 14.7. The van der Waals surface area contributed by atoms with Gasteiger partial charge in [0, 0.05) is 25.2 Å². The molecule has 20 heavy (non-hydrogen) atoms. The molecular weight excluding hydrogens is 274 g/mol. The van der Waals surface area contributed by atoms with E-state index < -0.39 is 0 Å². The van der Waals surface area contributed by atoms with Gasteiger partial charge in [0.2, 0.25) is 0 Å². The van der Waals surface area contributed by atoms with Gasteiger partial charge in [0.05, 0.1) is 0 Å². The van der Waals surface area contributed by atoms with Gasteiger partial charge in [0.15, 0.2) is 5.69 Å². The third-order valence-electron chi connectivity index (χ3n) is 2.83. The first kappa shape index (κ1) is 14.2. The minimum Gasteiger partial charge on any atom is -0.389 e. The number of rotatable bonds is 4. The average Bonchev–Trinajstić information content (AvgIpc) is 2.84. The molecule has 1 aromatic heterocycles. The van der Waals surface area contributed by atoms with Gasteiger partial charge in [-0.2, -0.15) is 0 Å². The third-order valence-corrected chi connectivity index (χ3v) is 3.06. The Morgan fingerprint density at radius 2 is 2.20 bits per heavy atom. The van der Waals surface area contributed by atoms with Crippen molar-refractivity contribution in [3.63, 3.8) is 0 Å². The summed E-state index contributed by atoms with van der Waals surface area (Å²) in [5.74, 6) is 0.416. The van der Waals surface area contributed by atoms with Crippen LogP contribution in [0.15, 0.2) is 34.9 Å². The molecule has 0 aliphatic heterocycles. The number of hydrogen-bond acceptors (Lipinski definition) is 4. The SMILES string of the molecule is Cc1cc(C(=O)N(C)Cc2cccc(C(N)=S)c2)no1. The normalized spacial score (nSPS) is 10.3. The van der Waals surface area contributed by atoms with Crippen molar-refractivity contribution in [2.45, 2.75) is 13.5 Å². The fraction of sp³-hybridized carbons (Fsp3) is 0.214. The van der Waals surface area contributed by atoms with Gasteiger partial charge in [-0.3, -0.25) is 4.79 Å². The number of aromatic nitrogens is 1. The largest absolute Gasteiger partial charge is 0.389 e. The molecule has 0 aliphatic rings. The van der Waals surface area contributed by atoms with Crippen LogP contribution < -0.4 is 5.73 Å². The van der Waals surface area contributed by atoms with E-state index in [1.807, 2.05) is 24.3 Å². The van der Waals surface area contributed by atoms with Crippen LogP contribution in [0.1, 0.15) is 27.4 Å². The molecule has 0 bridgehead atoms. The highest BCUT2D eigenvalue weighted by molar-refractivity contribution is 7.80. The van der Waals surface area contributed by atoms with Crippen LogP contribution in [0.5, 0.6) is 0 Å². The molecule has 0 saturated carbocycles. The van der Waals surface area contributed by atoms with Gasteiger partial charge in [0.25, 0.3) is 5.91 Å². The molecule has 2 rings (SSSR count). The Morgan fingerprint density at radius 3 is 2.80 bits per heavy atom. The second-order valence-electron chi connectivity index (χ2n) is 4.55. The molecule has 1 aromatic carbocycles. The van der Waals surface area contributed by atoms with Gasteiger partial charge in [-0.25, -0.2) is 0 Å². The second-order valence-corrected chi connectivity index (χ2v) is 4.99. The van der Waals surface area contributed by atoms with E-state index in [-0.39, 0.29) is 5.91 Å². The highest BCUT2D eigenvalue weighted by atomic mass is 32.1. The molecule has 2 N–H and O–H groups in total. The zero-order valence-corrected chi connectivity index (χ0v) is 12.1. The number of hydrogen-bond donors (Lipinski definition) is 1. The summed E-state index contributed by atoms with van der Waals surface area (Å²) in [5, 5.41) is 3.72. The van der Waals surface area contributed by atoms with E-state index in [4.69, 9.17) is 22.5 Å². The lowest BCUT2D eigenvalue weighted by Gasteiger charge is -2.16. The molecule has 0 aliphatic carbocycles. The molecule has 6 heteroatoms. The van der Waals surface area contributed by atoms with E-state index in [0.717, 1.165) is 11.1 Å². The number of amides is 1. The Hall–Kier alpha value is -2.21. The molecule has 0 unspecified atom stereocenters. The summed E-state index contributed by atoms with van der Waals surface area (Å²) >= 11 is 4.94. The number of nitrogens with two attached hydrogens (primary N) is 1. The molecule has 104 valence electrons. The van der Waals surface area contributed by atoms with Gasteiger partial charge in [-0.1, -0.05) is 35.6 Å². The lowest BCUT2D eigenvalue weighted by atomic mass is 10.1. The van der Waals surface area contributed by atoms with E-state index in [0.29, 0.717) is 23.0 Å². The fourth-order valence-corrected chi connectivity index (χ4v) is 1.96. The van der Waals surface area contributed by atoms with Gasteiger partial charge in [-0.15, -0.1) is 0 Å². The summed E-state index contributed by atoms with van der Waals surface area (Å²) < 4.78 is 4.91. The molecule has 1 amide bonds. The van der Waals surface area contributed by atoms with Crippen molar-refractivity contribution in [1.82, 2.24) is 10.1 Å². The van der Waals surface area contributed by atoms with Crippen molar-refractivity contribution in [1.29, 1.82) is 0 Å². The quantitative estimate of drug-likeness (QED) is 0.870. The lowest BCUT2D eigenvalue weighted by Crippen LogP contribution is -2.26. The molecule has 2 aromatic rings. The minimum atomic E-state index is -0.192. The van der Waals surface area contributed by atoms with Gasteiger partial charge < -0.3 is 15.2 Å². The van der Waals surface area contributed by atoms with Crippen LogP contribution in [0, 0.1) is 6.92 Å². The molecule has 0 saturated heterocycles. The Kier molecular flexibility index (Phi) is 4.14. The van der Waals surface area contributed by atoms with Crippen molar-refractivity contribution in [3.05, 3.63) is 52.9 Å². The van der Waals surface area contributed by atoms with Crippen molar-refractivity contribution in [3.8, 4) is 0 Å². The van der Waals surface area contributed by atoms with Crippen LogP contribution in [0.25, 0.3) is 0 Å². The number of carbonyl (C=O) groups is 1. The fourth-order valence-electron chi connectivity index (χ4n) is 1.83. The predicted octanol–water partition coefficient (Wildman–Crippen LogP) is 1.89. The Morgan fingerprint density at radius 1 is 1.45 bits per heavy atom. The summed E-state index contributed by atoms with van der Waals surface area (Å²) in [7, 11) is 1.71. The smallest absolute Gasteiger partial charge is 0.276 e. The first-order chi connectivity index (χ1) is 9.47. The molecule has 0 spiro atoms. The van der Waals surface area contributed by atoms with E-state index in [2.05, 4.69) is 5.16 Å². The molecule has 1 heterocycles. The van der Waals surface area contributed by atoms with E-state index >= 15 is 0 Å². The zero-order valence-electron chi connectivity index (χ0n) is 11.3. The maximum Gasteiger partial charge on any atom is 0.276 e. The number of aryl methyl sites for hydroxylation is 1. The number of benzene rings is 1. The summed E-state index contributed by atoms with van der Waals surface area (Å²) in [4.78, 5) is 14.0. The second kappa shape index (κ2) is 5.83. The van der Waals surface area contributed by atoms with Crippen LogP contribution in [0.4, 0.5) is 0 Å². The minimum absolute atomic E-state index is 0.192. The molecule has 0 fully saturated rings. The van der Waals surface area contributed by atoms with E-state index in [1.54, 1.807) is 24.9 Å². The van der Waals surface area contributed by atoms with Crippen molar-refractivity contribution < 1.29 is 9.32 Å². The first-order valence-electron chi connectivity index (χ1n) is 6.05. The molecule has 5 nitrogen and oxygen atoms in total. The number of nitrogens with zero attached hydrogens (tertiary/aromatic N) is 2. The third kappa shape index (κ3) is 3.21. The van der Waals surface area contributed by atoms with Crippen LogP contribution in [-0.4, -0.2) is 28.0 Å². The van der Waals surface area contributed by atoms with E-state index in [1.165, 1.54) is 0 Å². The first-order valence-corrected chi connectivity index (χ1v) is 6.45. The van der Waals surface area contributed by atoms with Crippen molar-refractivity contribution >= 4 is 23.1 Å². The topological polar surface area (TPSA) is 72.4 Å². The summed E-state index contributed by atoms with van der Waals surface area (Å²) in [6.45, 7) is 2.19. The lowest BCUT2D eigenvalue weighted by molar-refractivity contribution is 0.0774. The highest BCUT2D eigenvalue weighted by Crippen LogP contribution is 2.11. The number of carbonyl (C=O) groups excluding carboxylic acids is 1. The maximum atomic E-state index is 12.1. The molecule has 0 atom stereocenters. The molecular formula is C14H15N3O2S. The van der Waals surface area contributed by atoms with Crippen LogP contribution in [-0.2, 0) is 6.54 Å². The maximum absolute atomic E-state index is 12.1. The summed E-state index contributed by atoms with van der Waals surface area (Å²) in [6.07, 6.45) is 0. The highest BCUT2D eigenvalue weighted by Gasteiger charge is 2.16. The standard InChI is InChI=1S/C14H15N3O2S/c1-9-6-12(16-19-9)14(18)17(2)8-10-4-3-5-11(7-10)13(15)20/h3-7H,8H2,1-2H3,(H2,15,20). The van der Waals surface area contributed by atoms with Crippen LogP contribution >= 0.6 is 12.2 Å². The Labute approximate surface area is 122 Å². The summed E-state index contributed by atoms with van der Waals surface area (Å²) in [6, 6.07) is 9.11. The number of thiocarbonyl (C=S) groups is 1. The monoisotopic (exact) mass is 289 g/mol. The predicted molar refractivity (Wildman–Crippen MR) is 79.4 cm³/mol. The Bertz CT molecular complexity index is 651. The van der Waals surface area contributed by atoms with Gasteiger partial charge in [0.1, 0.15) is 10.7 Å². The molecule has 0 radical (unpaired) electrons. The van der Waals surface area contributed by atoms with Crippen LogP contribution in [0.3, 0.4) is 0 Å². The summed E-state index contributed by atoms with van der Waals surface area (Å²) in [5.41, 5.74) is 7.63. The van der Waals surface area contributed by atoms with E-state index in [9.17, 15) is 4.79 Å². The average molecular weight is 289 g/mol.